The molecule has 0 saturated carbocycles. The van der Waals surface area contributed by atoms with Gasteiger partial charge in [-0.25, -0.2) is 4.68 Å². The molecule has 2 heterocycles. The normalized spacial score (nSPS) is 10.5. The highest BCUT2D eigenvalue weighted by Gasteiger charge is 2.06. The average Bonchev–Trinajstić information content (AvgIpc) is 3.21. The van der Waals surface area contributed by atoms with Crippen LogP contribution >= 0.6 is 0 Å². The molecule has 2 aromatic heterocycles. The summed E-state index contributed by atoms with van der Waals surface area (Å²) in [5.41, 5.74) is 1.46. The molecule has 7 nitrogen and oxygen atoms in total. The van der Waals surface area contributed by atoms with Gasteiger partial charge in [-0.15, -0.1) is 10.2 Å². The van der Waals surface area contributed by atoms with Crippen molar-refractivity contribution in [3.63, 3.8) is 0 Å². The molecule has 3 rings (SSSR count). The first-order chi connectivity index (χ1) is 10.3. The van der Waals surface area contributed by atoms with Gasteiger partial charge in [-0.1, -0.05) is 6.07 Å². The van der Waals surface area contributed by atoms with Crippen LogP contribution in [0.5, 0.6) is 0 Å². The zero-order valence-corrected chi connectivity index (χ0v) is 11.3. The highest BCUT2D eigenvalue weighted by atomic mass is 16.1. The van der Waals surface area contributed by atoms with Gasteiger partial charge < -0.3 is 9.88 Å². The Balaban J connectivity index is 1.63. The SMILES string of the molecule is O=C(NCCn1cnnc1)c1cccc(-n2cccn2)c1. The number of hydrogen-bond acceptors (Lipinski definition) is 4. The van der Waals surface area contributed by atoms with E-state index >= 15 is 0 Å². The first-order valence-corrected chi connectivity index (χ1v) is 6.53. The zero-order chi connectivity index (χ0) is 14.5. The molecule has 0 spiro atoms. The molecule has 1 N–H and O–H groups in total. The Labute approximate surface area is 121 Å². The van der Waals surface area contributed by atoms with Crippen molar-refractivity contribution >= 4 is 5.91 Å². The van der Waals surface area contributed by atoms with Crippen LogP contribution in [0.2, 0.25) is 0 Å². The number of benzene rings is 1. The fourth-order valence-electron chi connectivity index (χ4n) is 1.95. The van der Waals surface area contributed by atoms with E-state index in [1.807, 2.05) is 24.4 Å². The van der Waals surface area contributed by atoms with Gasteiger partial charge in [-0.3, -0.25) is 4.79 Å². The summed E-state index contributed by atoms with van der Waals surface area (Å²) in [4.78, 5) is 12.1. The van der Waals surface area contributed by atoms with Gasteiger partial charge in [0.2, 0.25) is 0 Å². The molecule has 106 valence electrons. The second-order valence-corrected chi connectivity index (χ2v) is 4.46. The van der Waals surface area contributed by atoms with Gasteiger partial charge in [0, 0.05) is 31.0 Å². The number of nitrogens with zero attached hydrogens (tertiary/aromatic N) is 5. The lowest BCUT2D eigenvalue weighted by Crippen LogP contribution is -2.27. The van der Waals surface area contributed by atoms with E-state index in [0.717, 1.165) is 5.69 Å². The van der Waals surface area contributed by atoms with Gasteiger partial charge in [0.15, 0.2) is 0 Å². The highest BCUT2D eigenvalue weighted by Crippen LogP contribution is 2.09. The van der Waals surface area contributed by atoms with Crippen molar-refractivity contribution in [2.24, 2.45) is 0 Å². The fraction of sp³-hybridized carbons (Fsp3) is 0.143. The highest BCUT2D eigenvalue weighted by molar-refractivity contribution is 5.94. The fourth-order valence-corrected chi connectivity index (χ4v) is 1.95. The first kappa shape index (κ1) is 13.0. The molecule has 0 radical (unpaired) electrons. The first-order valence-electron chi connectivity index (χ1n) is 6.53. The molecule has 0 unspecified atom stereocenters. The number of rotatable bonds is 5. The van der Waals surface area contributed by atoms with Crippen molar-refractivity contribution in [1.29, 1.82) is 0 Å². The lowest BCUT2D eigenvalue weighted by Gasteiger charge is -2.07. The molecule has 1 amide bonds. The summed E-state index contributed by atoms with van der Waals surface area (Å²) in [6, 6.07) is 9.17. The third-order valence-corrected chi connectivity index (χ3v) is 3.00. The Kier molecular flexibility index (Phi) is 3.72. The van der Waals surface area contributed by atoms with Gasteiger partial charge in [0.1, 0.15) is 12.7 Å². The molecule has 0 aliphatic carbocycles. The Morgan fingerprint density at radius 3 is 2.81 bits per heavy atom. The number of carbonyl (C=O) groups excluding carboxylic acids is 1. The average molecular weight is 282 g/mol. The molecule has 0 atom stereocenters. The van der Waals surface area contributed by atoms with E-state index in [4.69, 9.17) is 0 Å². The summed E-state index contributed by atoms with van der Waals surface area (Å²) in [7, 11) is 0. The van der Waals surface area contributed by atoms with Crippen LogP contribution in [0.25, 0.3) is 5.69 Å². The molecule has 0 bridgehead atoms. The largest absolute Gasteiger partial charge is 0.350 e. The van der Waals surface area contributed by atoms with Crippen LogP contribution in [0.4, 0.5) is 0 Å². The van der Waals surface area contributed by atoms with Crippen LogP contribution in [0.3, 0.4) is 0 Å². The molecule has 0 fully saturated rings. The zero-order valence-electron chi connectivity index (χ0n) is 11.3. The number of carbonyl (C=O) groups is 1. The predicted molar refractivity (Wildman–Crippen MR) is 75.9 cm³/mol. The van der Waals surface area contributed by atoms with E-state index < -0.39 is 0 Å². The summed E-state index contributed by atoms with van der Waals surface area (Å²) in [6.45, 7) is 1.15. The van der Waals surface area contributed by atoms with Crippen molar-refractivity contribution in [3.05, 3.63) is 60.9 Å². The second kappa shape index (κ2) is 6.00. The monoisotopic (exact) mass is 282 g/mol. The van der Waals surface area contributed by atoms with Gasteiger partial charge >= 0.3 is 0 Å². The summed E-state index contributed by atoms with van der Waals surface area (Å²) in [6.07, 6.45) is 6.77. The molecule has 1 aromatic carbocycles. The van der Waals surface area contributed by atoms with Crippen LogP contribution in [-0.4, -0.2) is 37.0 Å². The second-order valence-electron chi connectivity index (χ2n) is 4.46. The minimum atomic E-state index is -0.114. The molecular formula is C14H14N6O. The third-order valence-electron chi connectivity index (χ3n) is 3.00. The van der Waals surface area contributed by atoms with Gasteiger partial charge in [-0.2, -0.15) is 5.10 Å². The van der Waals surface area contributed by atoms with Crippen molar-refractivity contribution in [1.82, 2.24) is 29.9 Å². The summed E-state index contributed by atoms with van der Waals surface area (Å²) in [5, 5.41) is 14.4. The number of nitrogens with one attached hydrogen (secondary N) is 1. The van der Waals surface area contributed by atoms with E-state index in [0.29, 0.717) is 18.7 Å². The van der Waals surface area contributed by atoms with Crippen LogP contribution in [0.1, 0.15) is 10.4 Å². The molecule has 0 aliphatic heterocycles. The lowest BCUT2D eigenvalue weighted by atomic mass is 10.2. The van der Waals surface area contributed by atoms with Crippen LogP contribution < -0.4 is 5.32 Å². The van der Waals surface area contributed by atoms with E-state index in [1.54, 1.807) is 40.2 Å². The molecule has 3 aromatic rings. The maximum atomic E-state index is 12.1. The Morgan fingerprint density at radius 1 is 1.19 bits per heavy atom. The summed E-state index contributed by atoms with van der Waals surface area (Å²) in [5.74, 6) is -0.114. The van der Waals surface area contributed by atoms with Crippen molar-refractivity contribution < 1.29 is 4.79 Å². The summed E-state index contributed by atoms with van der Waals surface area (Å²) < 4.78 is 3.52. The molecular weight excluding hydrogens is 268 g/mol. The molecule has 21 heavy (non-hydrogen) atoms. The van der Waals surface area contributed by atoms with Gasteiger partial charge in [-0.05, 0) is 24.3 Å². The minimum absolute atomic E-state index is 0.114. The Morgan fingerprint density at radius 2 is 2.05 bits per heavy atom. The Bertz CT molecular complexity index is 705. The smallest absolute Gasteiger partial charge is 0.251 e. The van der Waals surface area contributed by atoms with Crippen molar-refractivity contribution in [3.8, 4) is 5.69 Å². The van der Waals surface area contributed by atoms with E-state index in [-0.39, 0.29) is 5.91 Å². The number of hydrogen-bond donors (Lipinski definition) is 1. The minimum Gasteiger partial charge on any atom is -0.350 e. The van der Waals surface area contributed by atoms with Gasteiger partial charge in [0.25, 0.3) is 5.91 Å². The van der Waals surface area contributed by atoms with E-state index in [9.17, 15) is 4.79 Å². The van der Waals surface area contributed by atoms with Gasteiger partial charge in [0.05, 0.1) is 5.69 Å². The quantitative estimate of drug-likeness (QED) is 0.754. The molecule has 0 saturated heterocycles. The third kappa shape index (κ3) is 3.14. The van der Waals surface area contributed by atoms with Crippen LogP contribution in [0, 0.1) is 0 Å². The van der Waals surface area contributed by atoms with Crippen molar-refractivity contribution in [2.75, 3.05) is 6.54 Å². The number of aromatic nitrogens is 5. The lowest BCUT2D eigenvalue weighted by molar-refractivity contribution is 0.0952. The Hall–Kier alpha value is -2.96. The van der Waals surface area contributed by atoms with E-state index in [1.165, 1.54) is 0 Å². The standard InChI is InChI=1S/C14H14N6O/c21-14(15-6-8-19-10-16-17-11-19)12-3-1-4-13(9-12)20-7-2-5-18-20/h1-5,7,9-11H,6,8H2,(H,15,21). The van der Waals surface area contributed by atoms with Crippen LogP contribution in [0.15, 0.2) is 55.4 Å². The topological polar surface area (TPSA) is 77.6 Å². The summed E-state index contributed by atoms with van der Waals surface area (Å²) >= 11 is 0. The predicted octanol–water partition coefficient (Wildman–Crippen LogP) is 0.894. The van der Waals surface area contributed by atoms with Crippen molar-refractivity contribution in [2.45, 2.75) is 6.54 Å². The van der Waals surface area contributed by atoms with E-state index in [2.05, 4.69) is 20.6 Å². The number of amides is 1. The maximum absolute atomic E-state index is 12.1. The van der Waals surface area contributed by atoms with Crippen LogP contribution in [-0.2, 0) is 6.54 Å². The molecule has 7 heteroatoms. The maximum Gasteiger partial charge on any atom is 0.251 e. The molecule has 0 aliphatic rings.